The first-order valence-corrected chi connectivity index (χ1v) is 7.06. The van der Waals surface area contributed by atoms with Crippen molar-refractivity contribution in [2.75, 3.05) is 0 Å². The van der Waals surface area contributed by atoms with Gasteiger partial charge in [-0.3, -0.25) is 4.98 Å². The van der Waals surface area contributed by atoms with Crippen LogP contribution in [-0.2, 0) is 6.42 Å². The van der Waals surface area contributed by atoms with Crippen LogP contribution in [0.3, 0.4) is 0 Å². The van der Waals surface area contributed by atoms with Crippen molar-refractivity contribution in [1.29, 1.82) is 0 Å². The first-order chi connectivity index (χ1) is 9.60. The van der Waals surface area contributed by atoms with Crippen molar-refractivity contribution in [3.63, 3.8) is 0 Å². The Bertz CT molecular complexity index is 549. The maximum Gasteiger partial charge on any atom is 0.138 e. The fourth-order valence-corrected chi connectivity index (χ4v) is 2.10. The summed E-state index contributed by atoms with van der Waals surface area (Å²) in [4.78, 5) is 4.21. The molecule has 2 N–H and O–H groups in total. The van der Waals surface area contributed by atoms with E-state index in [-0.39, 0.29) is 12.1 Å². The molecule has 0 aliphatic heterocycles. The van der Waals surface area contributed by atoms with Gasteiger partial charge in [0.15, 0.2) is 0 Å². The molecule has 0 aliphatic rings. The van der Waals surface area contributed by atoms with E-state index in [9.17, 15) is 0 Å². The predicted octanol–water partition coefficient (Wildman–Crippen LogP) is 3.48. The summed E-state index contributed by atoms with van der Waals surface area (Å²) in [6.07, 6.45) is 4.68. The van der Waals surface area contributed by atoms with E-state index in [0.717, 1.165) is 23.3 Å². The molecule has 2 rings (SSSR count). The molecule has 1 atom stereocenters. The summed E-state index contributed by atoms with van der Waals surface area (Å²) in [5, 5.41) is 0. The number of aromatic nitrogens is 1. The fourth-order valence-electron chi connectivity index (χ4n) is 2.10. The largest absolute Gasteiger partial charge is 0.489 e. The number of nitrogens with zero attached hydrogens (tertiary/aromatic N) is 1. The maximum absolute atomic E-state index is 6.31. The van der Waals surface area contributed by atoms with Crippen molar-refractivity contribution in [2.24, 2.45) is 5.73 Å². The summed E-state index contributed by atoms with van der Waals surface area (Å²) in [5.74, 6) is 0.762. The molecule has 0 radical (unpaired) electrons. The average Bonchev–Trinajstić information content (AvgIpc) is 2.46. The molecule has 20 heavy (non-hydrogen) atoms. The van der Waals surface area contributed by atoms with Crippen LogP contribution in [-0.4, -0.2) is 11.1 Å². The van der Waals surface area contributed by atoms with E-state index >= 15 is 0 Å². The highest BCUT2D eigenvalue weighted by Crippen LogP contribution is 2.23. The molecule has 0 bridgehead atoms. The third-order valence-electron chi connectivity index (χ3n) is 3.21. The Labute approximate surface area is 120 Å². The number of pyridine rings is 1. The summed E-state index contributed by atoms with van der Waals surface area (Å²) in [5.41, 5.74) is 9.68. The average molecular weight is 270 g/mol. The molecule has 1 aromatic carbocycles. The summed E-state index contributed by atoms with van der Waals surface area (Å²) in [6.45, 7) is 6.14. The fraction of sp³-hybridized carbons (Fsp3) is 0.353. The van der Waals surface area contributed by atoms with Crippen LogP contribution in [0, 0.1) is 0 Å². The minimum atomic E-state index is -0.177. The number of hydrogen-bond acceptors (Lipinski definition) is 3. The zero-order valence-corrected chi connectivity index (χ0v) is 12.3. The van der Waals surface area contributed by atoms with E-state index in [2.05, 4.69) is 36.2 Å². The quantitative estimate of drug-likeness (QED) is 0.905. The van der Waals surface area contributed by atoms with Gasteiger partial charge >= 0.3 is 0 Å². The molecule has 1 unspecified atom stereocenters. The van der Waals surface area contributed by atoms with E-state index in [1.807, 2.05) is 19.9 Å². The second kappa shape index (κ2) is 6.53. The highest BCUT2D eigenvalue weighted by molar-refractivity contribution is 5.35. The van der Waals surface area contributed by atoms with E-state index in [0.29, 0.717) is 0 Å². The topological polar surface area (TPSA) is 48.1 Å². The molecule has 3 nitrogen and oxygen atoms in total. The first-order valence-electron chi connectivity index (χ1n) is 7.06. The molecule has 0 saturated heterocycles. The number of rotatable bonds is 5. The second-order valence-electron chi connectivity index (χ2n) is 5.19. The maximum atomic E-state index is 6.31. The summed E-state index contributed by atoms with van der Waals surface area (Å²) >= 11 is 0. The van der Waals surface area contributed by atoms with Gasteiger partial charge in [0.05, 0.1) is 18.3 Å². The Morgan fingerprint density at radius 2 is 1.80 bits per heavy atom. The second-order valence-corrected chi connectivity index (χ2v) is 5.19. The minimum Gasteiger partial charge on any atom is -0.489 e. The van der Waals surface area contributed by atoms with Crippen molar-refractivity contribution in [1.82, 2.24) is 4.98 Å². The molecular formula is C17H22N2O. The van der Waals surface area contributed by atoms with Crippen LogP contribution >= 0.6 is 0 Å². The highest BCUT2D eigenvalue weighted by Gasteiger charge is 2.10. The van der Waals surface area contributed by atoms with Gasteiger partial charge < -0.3 is 10.5 Å². The predicted molar refractivity (Wildman–Crippen MR) is 81.9 cm³/mol. The molecule has 0 fully saturated rings. The van der Waals surface area contributed by atoms with Crippen LogP contribution in [0.4, 0.5) is 0 Å². The van der Waals surface area contributed by atoms with E-state index in [1.165, 1.54) is 5.56 Å². The lowest BCUT2D eigenvalue weighted by Gasteiger charge is -2.15. The van der Waals surface area contributed by atoms with Crippen LogP contribution in [0.2, 0.25) is 0 Å². The van der Waals surface area contributed by atoms with E-state index < -0.39 is 0 Å². The lowest BCUT2D eigenvalue weighted by atomic mass is 9.99. The number of ether oxygens (including phenoxy) is 1. The van der Waals surface area contributed by atoms with Gasteiger partial charge in [-0.05, 0) is 43.0 Å². The smallest absolute Gasteiger partial charge is 0.138 e. The van der Waals surface area contributed by atoms with Gasteiger partial charge in [0.1, 0.15) is 5.75 Å². The molecular weight excluding hydrogens is 248 g/mol. The number of benzene rings is 1. The van der Waals surface area contributed by atoms with Gasteiger partial charge in [0, 0.05) is 6.20 Å². The van der Waals surface area contributed by atoms with Gasteiger partial charge in [0.2, 0.25) is 0 Å². The van der Waals surface area contributed by atoms with Crippen molar-refractivity contribution in [3.8, 4) is 5.75 Å². The summed E-state index contributed by atoms with van der Waals surface area (Å²) in [6, 6.07) is 10.2. The molecule has 0 aliphatic carbocycles. The van der Waals surface area contributed by atoms with E-state index in [1.54, 1.807) is 12.4 Å². The monoisotopic (exact) mass is 270 g/mol. The lowest BCUT2D eigenvalue weighted by Crippen LogP contribution is -2.13. The third-order valence-corrected chi connectivity index (χ3v) is 3.21. The van der Waals surface area contributed by atoms with Crippen LogP contribution < -0.4 is 10.5 Å². The lowest BCUT2D eigenvalue weighted by molar-refractivity contribution is 0.241. The Kier molecular flexibility index (Phi) is 4.74. The van der Waals surface area contributed by atoms with Gasteiger partial charge in [-0.1, -0.05) is 31.2 Å². The van der Waals surface area contributed by atoms with Crippen LogP contribution in [0.25, 0.3) is 0 Å². The van der Waals surface area contributed by atoms with E-state index in [4.69, 9.17) is 10.5 Å². The van der Waals surface area contributed by atoms with Crippen LogP contribution in [0.5, 0.6) is 5.75 Å². The third kappa shape index (κ3) is 3.58. The number of nitrogens with two attached hydrogens (primary N) is 1. The Balaban J connectivity index is 2.20. The van der Waals surface area contributed by atoms with Crippen molar-refractivity contribution in [3.05, 3.63) is 59.4 Å². The van der Waals surface area contributed by atoms with Crippen molar-refractivity contribution >= 4 is 0 Å². The van der Waals surface area contributed by atoms with Crippen molar-refractivity contribution < 1.29 is 4.74 Å². The zero-order valence-electron chi connectivity index (χ0n) is 12.3. The highest BCUT2D eigenvalue weighted by atomic mass is 16.5. The Hall–Kier alpha value is -1.87. The standard InChI is InChI=1S/C17H22N2O/c1-4-13-5-7-14(8-6-13)17(18)15-9-16(11-19-10-15)20-12(2)3/h5-12,17H,4,18H2,1-3H3. The molecule has 106 valence electrons. The summed E-state index contributed by atoms with van der Waals surface area (Å²) < 4.78 is 5.66. The SMILES string of the molecule is CCc1ccc(C(N)c2cncc(OC(C)C)c2)cc1. The molecule has 2 aromatic rings. The normalized spacial score (nSPS) is 12.4. The first kappa shape index (κ1) is 14.5. The summed E-state index contributed by atoms with van der Waals surface area (Å²) in [7, 11) is 0. The van der Waals surface area contributed by atoms with Crippen LogP contribution in [0.1, 0.15) is 43.5 Å². The molecule has 0 spiro atoms. The molecule has 1 aromatic heterocycles. The molecule has 1 heterocycles. The number of hydrogen-bond donors (Lipinski definition) is 1. The zero-order chi connectivity index (χ0) is 14.5. The van der Waals surface area contributed by atoms with Crippen LogP contribution in [0.15, 0.2) is 42.7 Å². The Morgan fingerprint density at radius 1 is 1.10 bits per heavy atom. The van der Waals surface area contributed by atoms with Gasteiger partial charge in [-0.2, -0.15) is 0 Å². The molecule has 0 saturated carbocycles. The molecule has 3 heteroatoms. The van der Waals surface area contributed by atoms with Gasteiger partial charge in [-0.25, -0.2) is 0 Å². The minimum absolute atomic E-state index is 0.132. The van der Waals surface area contributed by atoms with Crippen molar-refractivity contribution in [2.45, 2.75) is 39.3 Å². The molecule has 0 amide bonds. The van der Waals surface area contributed by atoms with Gasteiger partial charge in [-0.15, -0.1) is 0 Å². The number of aryl methyl sites for hydroxylation is 1. The van der Waals surface area contributed by atoms with Gasteiger partial charge in [0.25, 0.3) is 0 Å². The Morgan fingerprint density at radius 3 is 2.40 bits per heavy atom.